The van der Waals surface area contributed by atoms with Gasteiger partial charge in [0.2, 0.25) is 5.91 Å². The van der Waals surface area contributed by atoms with Crippen LogP contribution in [0.1, 0.15) is 35.8 Å². The minimum absolute atomic E-state index is 0.0441. The summed E-state index contributed by atoms with van der Waals surface area (Å²) in [6, 6.07) is -0.228. The van der Waals surface area contributed by atoms with Crippen LogP contribution in [-0.2, 0) is 4.79 Å². The molecule has 0 radical (unpaired) electrons. The minimum Gasteiger partial charge on any atom is -0.355 e. The van der Waals surface area contributed by atoms with Crippen molar-refractivity contribution in [2.75, 3.05) is 31.6 Å². The fourth-order valence-corrected chi connectivity index (χ4v) is 3.53. The molecule has 2 rings (SSSR count). The third kappa shape index (κ3) is 5.40. The Hall–Kier alpha value is -1.67. The van der Waals surface area contributed by atoms with Crippen LogP contribution in [0, 0.1) is 6.92 Å². The van der Waals surface area contributed by atoms with Crippen LogP contribution in [0.15, 0.2) is 12.5 Å². The second-order valence-electron chi connectivity index (χ2n) is 6.18. The highest BCUT2D eigenvalue weighted by Crippen LogP contribution is 2.19. The highest BCUT2D eigenvalue weighted by atomic mass is 32.2. The largest absolute Gasteiger partial charge is 0.355 e. The Kier molecular flexibility index (Phi) is 7.64. The van der Waals surface area contributed by atoms with Crippen LogP contribution in [0.4, 0.5) is 0 Å². The number of nitrogens with one attached hydrogen (secondary N) is 2. The molecule has 0 aromatic carbocycles. The number of aromatic nitrogens is 2. The van der Waals surface area contributed by atoms with E-state index in [1.807, 2.05) is 6.92 Å². The first-order valence-electron chi connectivity index (χ1n) is 8.65. The summed E-state index contributed by atoms with van der Waals surface area (Å²) in [5, 5.41) is 5.94. The zero-order valence-electron chi connectivity index (χ0n) is 15.1. The van der Waals surface area contributed by atoms with Gasteiger partial charge in [0, 0.05) is 25.3 Å². The lowest BCUT2D eigenvalue weighted by Crippen LogP contribution is -2.43. The normalized spacial score (nSPS) is 20.4. The number of hydrogen-bond donors (Lipinski definition) is 2. The Balaban J connectivity index is 2.00. The summed E-state index contributed by atoms with van der Waals surface area (Å²) < 4.78 is 0. The molecule has 138 valence electrons. The highest BCUT2D eigenvalue weighted by molar-refractivity contribution is 7.98. The Bertz CT molecular complexity index is 598. The predicted octanol–water partition coefficient (Wildman–Crippen LogP) is 0.847. The van der Waals surface area contributed by atoms with E-state index < -0.39 is 0 Å². The molecular weight excluding hydrogens is 338 g/mol. The fourth-order valence-electron chi connectivity index (χ4n) is 3.11. The molecular formula is C17H27N5O2S. The Morgan fingerprint density at radius 3 is 2.92 bits per heavy atom. The SMILES string of the molecule is CCNC(=O)[C@@H]1C[C@H](NC(=O)c2cncnc2C)CN1CCCSC. The zero-order chi connectivity index (χ0) is 18.2. The van der Waals surface area contributed by atoms with Crippen molar-refractivity contribution < 1.29 is 9.59 Å². The van der Waals surface area contributed by atoms with Crippen LogP contribution in [0.2, 0.25) is 0 Å². The van der Waals surface area contributed by atoms with Crippen molar-refractivity contribution in [1.29, 1.82) is 0 Å². The van der Waals surface area contributed by atoms with Crippen LogP contribution in [0.25, 0.3) is 0 Å². The Morgan fingerprint density at radius 1 is 1.44 bits per heavy atom. The first-order chi connectivity index (χ1) is 12.1. The van der Waals surface area contributed by atoms with Gasteiger partial charge >= 0.3 is 0 Å². The Morgan fingerprint density at radius 2 is 2.24 bits per heavy atom. The van der Waals surface area contributed by atoms with Crippen molar-refractivity contribution in [1.82, 2.24) is 25.5 Å². The molecule has 1 aromatic rings. The lowest BCUT2D eigenvalue weighted by Gasteiger charge is -2.22. The smallest absolute Gasteiger partial charge is 0.254 e. The predicted molar refractivity (Wildman–Crippen MR) is 99.7 cm³/mol. The summed E-state index contributed by atoms with van der Waals surface area (Å²) in [6.45, 7) is 5.88. The fraction of sp³-hybridized carbons (Fsp3) is 0.647. The maximum absolute atomic E-state index is 12.5. The lowest BCUT2D eigenvalue weighted by molar-refractivity contribution is -0.125. The molecule has 1 aliphatic heterocycles. The quantitative estimate of drug-likeness (QED) is 0.664. The zero-order valence-corrected chi connectivity index (χ0v) is 15.9. The van der Waals surface area contributed by atoms with E-state index in [9.17, 15) is 9.59 Å². The van der Waals surface area contributed by atoms with Crippen LogP contribution in [0.3, 0.4) is 0 Å². The second-order valence-corrected chi connectivity index (χ2v) is 7.17. The van der Waals surface area contributed by atoms with E-state index in [1.54, 1.807) is 18.7 Å². The van der Waals surface area contributed by atoms with Gasteiger partial charge in [-0.05, 0) is 45.2 Å². The number of nitrogens with zero attached hydrogens (tertiary/aromatic N) is 3. The Labute approximate surface area is 153 Å². The molecule has 1 aliphatic rings. The third-order valence-corrected chi connectivity index (χ3v) is 5.04. The molecule has 1 saturated heterocycles. The van der Waals surface area contributed by atoms with E-state index in [1.165, 1.54) is 12.5 Å². The summed E-state index contributed by atoms with van der Waals surface area (Å²) in [5.74, 6) is 0.933. The summed E-state index contributed by atoms with van der Waals surface area (Å²) in [5.41, 5.74) is 1.14. The number of likely N-dealkylation sites (N-methyl/N-ethyl adjacent to an activating group) is 1. The molecule has 0 aliphatic carbocycles. The van der Waals surface area contributed by atoms with Crippen LogP contribution < -0.4 is 10.6 Å². The van der Waals surface area contributed by atoms with Crippen molar-refractivity contribution in [2.45, 2.75) is 38.8 Å². The van der Waals surface area contributed by atoms with Crippen LogP contribution in [0.5, 0.6) is 0 Å². The van der Waals surface area contributed by atoms with Gasteiger partial charge in [-0.1, -0.05) is 0 Å². The summed E-state index contributed by atoms with van der Waals surface area (Å²) in [6.07, 6.45) is 6.70. The van der Waals surface area contributed by atoms with E-state index in [4.69, 9.17) is 0 Å². The maximum Gasteiger partial charge on any atom is 0.254 e. The number of carbonyl (C=O) groups is 2. The van der Waals surface area contributed by atoms with Crippen molar-refractivity contribution in [3.05, 3.63) is 23.8 Å². The van der Waals surface area contributed by atoms with Crippen LogP contribution in [-0.4, -0.2) is 70.4 Å². The molecule has 0 spiro atoms. The van der Waals surface area contributed by atoms with Crippen molar-refractivity contribution >= 4 is 23.6 Å². The van der Waals surface area contributed by atoms with Gasteiger partial charge in [0.1, 0.15) is 6.33 Å². The van der Waals surface area contributed by atoms with Gasteiger partial charge in [-0.15, -0.1) is 0 Å². The third-order valence-electron chi connectivity index (χ3n) is 4.34. The van der Waals surface area contributed by atoms with Gasteiger partial charge in [-0.2, -0.15) is 11.8 Å². The van der Waals surface area contributed by atoms with Gasteiger partial charge in [0.15, 0.2) is 0 Å². The van der Waals surface area contributed by atoms with Crippen molar-refractivity contribution in [3.63, 3.8) is 0 Å². The van der Waals surface area contributed by atoms with E-state index in [-0.39, 0.29) is 23.9 Å². The molecule has 25 heavy (non-hydrogen) atoms. The highest BCUT2D eigenvalue weighted by Gasteiger charge is 2.37. The summed E-state index contributed by atoms with van der Waals surface area (Å²) in [7, 11) is 0. The van der Waals surface area contributed by atoms with E-state index in [2.05, 4.69) is 31.8 Å². The van der Waals surface area contributed by atoms with Crippen molar-refractivity contribution in [3.8, 4) is 0 Å². The summed E-state index contributed by atoms with van der Waals surface area (Å²) >= 11 is 1.80. The van der Waals surface area contributed by atoms with Gasteiger partial charge in [0.25, 0.3) is 5.91 Å². The van der Waals surface area contributed by atoms with Crippen molar-refractivity contribution in [2.24, 2.45) is 0 Å². The lowest BCUT2D eigenvalue weighted by atomic mass is 10.1. The van der Waals surface area contributed by atoms with E-state index in [0.717, 1.165) is 18.7 Å². The first-order valence-corrected chi connectivity index (χ1v) is 10.0. The monoisotopic (exact) mass is 365 g/mol. The standard InChI is InChI=1S/C17H27N5O2S/c1-4-19-17(24)15-8-13(10-22(15)6-5-7-25-3)21-16(23)14-9-18-11-20-12(14)2/h9,11,13,15H,4-8,10H2,1-3H3,(H,19,24)(H,21,23)/t13-,15-/m0/s1. The average molecular weight is 366 g/mol. The molecule has 8 heteroatoms. The molecule has 0 saturated carbocycles. The minimum atomic E-state index is -0.180. The molecule has 2 amide bonds. The second kappa shape index (κ2) is 9.72. The van der Waals surface area contributed by atoms with Crippen LogP contribution >= 0.6 is 11.8 Å². The number of rotatable bonds is 8. The number of aryl methyl sites for hydroxylation is 1. The molecule has 2 atom stereocenters. The van der Waals surface area contributed by atoms with Gasteiger partial charge < -0.3 is 10.6 Å². The number of hydrogen-bond acceptors (Lipinski definition) is 6. The topological polar surface area (TPSA) is 87.2 Å². The molecule has 0 unspecified atom stereocenters. The molecule has 2 heterocycles. The van der Waals surface area contributed by atoms with Gasteiger partial charge in [0.05, 0.1) is 17.3 Å². The molecule has 1 aromatic heterocycles. The van der Waals surface area contributed by atoms with Gasteiger partial charge in [-0.3, -0.25) is 14.5 Å². The average Bonchev–Trinajstić information content (AvgIpc) is 2.98. The number of thioether (sulfide) groups is 1. The number of carbonyl (C=O) groups excluding carboxylic acids is 2. The number of amides is 2. The van der Waals surface area contributed by atoms with Gasteiger partial charge in [-0.25, -0.2) is 9.97 Å². The number of likely N-dealkylation sites (tertiary alicyclic amines) is 1. The molecule has 1 fully saturated rings. The maximum atomic E-state index is 12.5. The molecule has 2 N–H and O–H groups in total. The summed E-state index contributed by atoms with van der Waals surface area (Å²) in [4.78, 5) is 35.0. The van der Waals surface area contributed by atoms with E-state index in [0.29, 0.717) is 30.8 Å². The van der Waals surface area contributed by atoms with E-state index >= 15 is 0 Å². The molecule has 7 nitrogen and oxygen atoms in total. The first kappa shape index (κ1) is 19.7. The molecule has 0 bridgehead atoms.